The van der Waals surface area contributed by atoms with Gasteiger partial charge in [-0.15, -0.1) is 18.2 Å². The summed E-state index contributed by atoms with van der Waals surface area (Å²) in [6.45, 7) is 7.85. The largest absolute Gasteiger partial charge is 0 e. The fourth-order valence-electron chi connectivity index (χ4n) is 7.48. The van der Waals surface area contributed by atoms with Crippen LogP contribution in [0.5, 0.6) is 0 Å². The van der Waals surface area contributed by atoms with Gasteiger partial charge in [-0.3, -0.25) is 4.98 Å². The molecule has 0 aliphatic heterocycles. The van der Waals surface area contributed by atoms with Gasteiger partial charge in [-0.2, -0.15) is 11.3 Å². The van der Waals surface area contributed by atoms with E-state index in [1.165, 1.54) is 17.7 Å². The summed E-state index contributed by atoms with van der Waals surface area (Å²) in [6, 6.07) is 43.3. The Kier molecular flexibility index (Phi) is 10.5. The van der Waals surface area contributed by atoms with Crippen molar-refractivity contribution in [1.29, 1.82) is 0 Å². The van der Waals surface area contributed by atoms with E-state index >= 15 is 0 Å². The molecule has 9 aromatic rings. The number of thiophene rings is 1. The van der Waals surface area contributed by atoms with Crippen molar-refractivity contribution < 1.29 is 34.1 Å². The molecule has 0 bridgehead atoms. The van der Waals surface area contributed by atoms with Crippen molar-refractivity contribution in [1.82, 2.24) is 14.5 Å². The predicted octanol–water partition coefficient (Wildman–Crippen LogP) is 14.6. The fraction of sp³-hybridized carbons (Fsp3) is 0.222. The van der Waals surface area contributed by atoms with Gasteiger partial charge in [-0.05, 0) is 63.0 Å². The minimum Gasteiger partial charge on any atom is 0 e. The van der Waals surface area contributed by atoms with Crippen LogP contribution in [0.4, 0.5) is 4.39 Å². The van der Waals surface area contributed by atoms with Crippen LogP contribution in [0.3, 0.4) is 0 Å². The van der Waals surface area contributed by atoms with Crippen LogP contribution in [0.2, 0.25) is 17.3 Å². The third-order valence-corrected chi connectivity index (χ3v) is 15.9. The number of imidazole rings is 1. The summed E-state index contributed by atoms with van der Waals surface area (Å²) >= 11 is -0.825. The predicted molar refractivity (Wildman–Crippen MR) is 257 cm³/mol. The van der Waals surface area contributed by atoms with Gasteiger partial charge in [-0.1, -0.05) is 86.3 Å². The van der Waals surface area contributed by atoms with Crippen LogP contribution in [0.25, 0.3) is 70.7 Å². The molecule has 61 heavy (non-hydrogen) atoms. The van der Waals surface area contributed by atoms with E-state index in [1.807, 2.05) is 32.0 Å². The monoisotopic (exact) mass is 1070 g/mol. The third kappa shape index (κ3) is 9.39. The summed E-state index contributed by atoms with van der Waals surface area (Å²) < 4.78 is 75.1. The zero-order chi connectivity index (χ0) is 48.4. The Morgan fingerprint density at radius 3 is 2.39 bits per heavy atom. The van der Waals surface area contributed by atoms with Gasteiger partial charge in [0, 0.05) is 36.1 Å². The number of nitrogens with zero attached hydrogens (tertiary/aromatic N) is 3. The second-order valence-corrected chi connectivity index (χ2v) is 29.1. The number of rotatable bonds is 7. The number of pyridine rings is 1. The van der Waals surface area contributed by atoms with Crippen molar-refractivity contribution in [3.8, 4) is 39.5 Å². The van der Waals surface area contributed by atoms with Gasteiger partial charge in [0.1, 0.15) is 5.82 Å². The van der Waals surface area contributed by atoms with Crippen molar-refractivity contribution in [2.45, 2.75) is 70.5 Å². The molecule has 0 amide bonds. The average Bonchev–Trinajstić information content (AvgIpc) is 3.83. The number of benzene rings is 6. The first kappa shape index (κ1) is 35.8. The van der Waals surface area contributed by atoms with Gasteiger partial charge in [0.15, 0.2) is 0 Å². The quantitative estimate of drug-likeness (QED) is 0.118. The normalized spacial score (nSPS) is 14.0. The molecule has 6 aromatic carbocycles. The van der Waals surface area contributed by atoms with Crippen LogP contribution in [0.15, 0.2) is 134 Å². The van der Waals surface area contributed by atoms with Crippen molar-refractivity contribution in [3.05, 3.63) is 168 Å². The van der Waals surface area contributed by atoms with E-state index in [0.717, 1.165) is 63.8 Å². The molecule has 0 aliphatic carbocycles. The second kappa shape index (κ2) is 17.9. The Balaban J connectivity index is 0.000000211. The third-order valence-electron chi connectivity index (χ3n) is 10.5. The van der Waals surface area contributed by atoms with Crippen LogP contribution in [0.1, 0.15) is 60.9 Å². The number of halogens is 1. The molecule has 0 spiro atoms. The molecule has 0 aliphatic rings. The van der Waals surface area contributed by atoms with E-state index in [0.29, 0.717) is 16.8 Å². The minimum absolute atomic E-state index is 0. The Bertz CT molecular complexity index is 3290. The molecule has 1 radical (unpaired) electrons. The van der Waals surface area contributed by atoms with Gasteiger partial charge in [0.05, 0.1) is 16.9 Å². The van der Waals surface area contributed by atoms with E-state index < -0.39 is 26.5 Å². The molecule has 3 aromatic heterocycles. The second-order valence-electron chi connectivity index (χ2n) is 17.4. The maximum atomic E-state index is 14.1. The SMILES string of the molecule is CC(C)(C)c1ccc(-n2c(-c3[c-]ccc4c3sc3cc(F)ccc34)nc3ccccc32)c(-c2ccccc2)c1.[2H]c1[c-]c(-c2cc(C([2H])([2H])C(C)C)[c]([Ge]([CH3])([CH3])[CH3])cn2)cc([2H])c1C([2H])([2H])[2H].[Ir]. The summed E-state index contributed by atoms with van der Waals surface area (Å²) in [6.07, 6.45) is 0.154. The number of fused-ring (bicyclic) bond motifs is 4. The van der Waals surface area contributed by atoms with E-state index in [1.54, 1.807) is 29.7 Å². The molecule has 0 atom stereocenters. The summed E-state index contributed by atoms with van der Waals surface area (Å²) in [4.78, 5) is 9.63. The molecule has 3 nitrogen and oxygen atoms in total. The van der Waals surface area contributed by atoms with Gasteiger partial charge in [-0.25, -0.2) is 4.39 Å². The first-order chi connectivity index (χ1) is 31.4. The maximum absolute atomic E-state index is 14.1. The van der Waals surface area contributed by atoms with E-state index in [-0.39, 0.29) is 54.9 Å². The summed E-state index contributed by atoms with van der Waals surface area (Å²) in [7, 11) is 0. The Morgan fingerprint density at radius 1 is 0.902 bits per heavy atom. The summed E-state index contributed by atoms with van der Waals surface area (Å²) in [5, 5.41) is 2.14. The van der Waals surface area contributed by atoms with Crippen LogP contribution < -0.4 is 4.40 Å². The Labute approximate surface area is 390 Å². The fourth-order valence-corrected chi connectivity index (χ4v) is 11.6. The van der Waals surface area contributed by atoms with Gasteiger partial charge in [0.25, 0.3) is 0 Å². The molecule has 0 N–H and O–H groups in total. The minimum atomic E-state index is -2.55. The molecular weight excluding hydrogens is 1010 g/mol. The zero-order valence-electron chi connectivity index (χ0n) is 42.6. The van der Waals surface area contributed by atoms with Crippen LogP contribution in [-0.4, -0.2) is 27.8 Å². The molecule has 0 saturated heterocycles. The smallest absolute Gasteiger partial charge is 0 e. The van der Waals surface area contributed by atoms with Crippen molar-refractivity contribution in [2.75, 3.05) is 0 Å². The van der Waals surface area contributed by atoms with Crippen LogP contribution in [-0.2, 0) is 31.9 Å². The first-order valence-corrected chi connectivity index (χ1v) is 28.4. The number of hydrogen-bond donors (Lipinski definition) is 0. The standard InChI is InChI=1S/C35H26FN2S.C19H26GeN.Ir/c1-35(2,3)23-16-19-30(28(20-23)22-10-5-4-6-11-22)38-31-15-8-7-14-29(31)37-34(38)27-13-9-12-26-25-18-17-24(36)21-32(25)39-33(26)27;1-14(2)11-17-12-19(16-9-7-15(3)8-10-16)21-13-18(17)20(4,5)6;/h4-12,14-21H,1-3H3;7-9,12-14H,11H2,1-6H3;/q2*-1;/i;3D3,7D,8D,11D2;. The molecule has 0 unspecified atom stereocenters. The van der Waals surface area contributed by atoms with E-state index in [9.17, 15) is 4.39 Å². The molecular formula is C54H52FGeIrN3S-2. The maximum Gasteiger partial charge on any atom is 0 e. The number of aromatic nitrogens is 3. The van der Waals surface area contributed by atoms with Gasteiger partial charge in [0.2, 0.25) is 0 Å². The Hall–Kier alpha value is -4.72. The summed E-state index contributed by atoms with van der Waals surface area (Å²) in [5.74, 6) is 6.90. The molecule has 3 heterocycles. The molecule has 0 fully saturated rings. The van der Waals surface area contributed by atoms with Crippen molar-refractivity contribution >= 4 is 60.2 Å². The molecule has 311 valence electrons. The van der Waals surface area contributed by atoms with Gasteiger partial charge < -0.3 is 4.57 Å². The molecule has 9 rings (SSSR count). The van der Waals surface area contributed by atoms with Crippen LogP contribution in [0, 0.1) is 30.7 Å². The van der Waals surface area contributed by atoms with Crippen LogP contribution >= 0.6 is 11.3 Å². The average molecular weight is 1070 g/mol. The number of para-hydroxylation sites is 2. The van der Waals surface area contributed by atoms with Crippen molar-refractivity contribution in [3.63, 3.8) is 0 Å². The van der Waals surface area contributed by atoms with E-state index in [4.69, 9.17) is 14.6 Å². The topological polar surface area (TPSA) is 30.7 Å². The first-order valence-electron chi connectivity index (χ1n) is 23.7. The summed E-state index contributed by atoms with van der Waals surface area (Å²) in [5.41, 5.74) is 8.51. The number of hydrogen-bond acceptors (Lipinski definition) is 3. The zero-order valence-corrected chi connectivity index (χ0v) is 40.9. The van der Waals surface area contributed by atoms with E-state index in [2.05, 4.69) is 133 Å². The van der Waals surface area contributed by atoms with Gasteiger partial charge >= 0.3 is 141 Å². The Morgan fingerprint density at radius 2 is 1.67 bits per heavy atom. The van der Waals surface area contributed by atoms with Crippen molar-refractivity contribution in [2.24, 2.45) is 5.92 Å². The molecule has 7 heteroatoms. The molecule has 0 saturated carbocycles.